The smallest absolute Gasteiger partial charge is 0.143 e. The maximum Gasteiger partial charge on any atom is 0.143 e. The van der Waals surface area contributed by atoms with E-state index in [0.29, 0.717) is 22.7 Å². The highest BCUT2D eigenvalue weighted by molar-refractivity contribution is 9.10. The molecule has 3 nitrogen and oxygen atoms in total. The predicted octanol–water partition coefficient (Wildman–Crippen LogP) is 4.65. The van der Waals surface area contributed by atoms with E-state index < -0.39 is 0 Å². The van der Waals surface area contributed by atoms with Crippen molar-refractivity contribution in [2.75, 3.05) is 11.9 Å². The molecule has 0 saturated heterocycles. The summed E-state index contributed by atoms with van der Waals surface area (Å²) in [4.78, 5) is 4.19. The molecule has 3 rings (SSSR count). The molecule has 5 heteroatoms. The fourth-order valence-corrected chi connectivity index (χ4v) is 4.24. The van der Waals surface area contributed by atoms with Crippen molar-refractivity contribution in [3.8, 4) is 0 Å². The molecule has 2 saturated carbocycles. The largest absolute Gasteiger partial charge is 0.380 e. The summed E-state index contributed by atoms with van der Waals surface area (Å²) >= 11 is 9.37. The predicted molar refractivity (Wildman–Crippen MR) is 85.3 cm³/mol. The Hall–Kier alpha value is -0.320. The van der Waals surface area contributed by atoms with Gasteiger partial charge in [-0.15, -0.1) is 0 Å². The molecule has 0 amide bonds. The SMILES string of the molecule is CCOC1CC(Nc2cnc(Cl)c(Br)c2)C12CCCC2. The first-order valence-corrected chi connectivity index (χ1v) is 8.52. The van der Waals surface area contributed by atoms with Crippen molar-refractivity contribution in [1.29, 1.82) is 0 Å². The first kappa shape index (κ1) is 14.6. The van der Waals surface area contributed by atoms with Crippen LogP contribution in [0.4, 0.5) is 5.69 Å². The normalized spacial score (nSPS) is 27.6. The van der Waals surface area contributed by atoms with Gasteiger partial charge in [-0.1, -0.05) is 24.4 Å². The minimum absolute atomic E-state index is 0.335. The van der Waals surface area contributed by atoms with Crippen molar-refractivity contribution < 1.29 is 4.74 Å². The lowest BCUT2D eigenvalue weighted by atomic mass is 9.60. The van der Waals surface area contributed by atoms with Gasteiger partial charge in [0.05, 0.1) is 22.5 Å². The zero-order chi connectivity index (χ0) is 14.2. The Labute approximate surface area is 133 Å². The van der Waals surface area contributed by atoms with Crippen molar-refractivity contribution in [2.45, 2.75) is 51.2 Å². The minimum Gasteiger partial charge on any atom is -0.380 e. The van der Waals surface area contributed by atoms with Gasteiger partial charge in [-0.3, -0.25) is 0 Å². The van der Waals surface area contributed by atoms with Gasteiger partial charge in [-0.25, -0.2) is 4.98 Å². The molecule has 20 heavy (non-hydrogen) atoms. The Morgan fingerprint density at radius 3 is 2.90 bits per heavy atom. The average molecular weight is 360 g/mol. The first-order valence-electron chi connectivity index (χ1n) is 7.35. The molecule has 1 aromatic heterocycles. The Morgan fingerprint density at radius 2 is 2.25 bits per heavy atom. The molecule has 0 bridgehead atoms. The maximum absolute atomic E-state index is 5.94. The summed E-state index contributed by atoms with van der Waals surface area (Å²) in [5, 5.41) is 4.14. The Morgan fingerprint density at radius 1 is 1.50 bits per heavy atom. The highest BCUT2D eigenvalue weighted by Gasteiger charge is 2.56. The molecule has 2 aliphatic carbocycles. The summed E-state index contributed by atoms with van der Waals surface area (Å²) in [6.07, 6.45) is 8.53. The number of pyridine rings is 1. The van der Waals surface area contributed by atoms with Crippen LogP contribution in [0.1, 0.15) is 39.0 Å². The molecule has 1 heterocycles. The minimum atomic E-state index is 0.335. The van der Waals surface area contributed by atoms with Crippen LogP contribution in [-0.2, 0) is 4.74 Å². The van der Waals surface area contributed by atoms with Crippen molar-refractivity contribution in [1.82, 2.24) is 4.98 Å². The van der Waals surface area contributed by atoms with Crippen molar-refractivity contribution in [3.05, 3.63) is 21.9 Å². The van der Waals surface area contributed by atoms with Crippen molar-refractivity contribution in [3.63, 3.8) is 0 Å². The second-order valence-electron chi connectivity index (χ2n) is 5.81. The number of anilines is 1. The zero-order valence-electron chi connectivity index (χ0n) is 11.7. The van der Waals surface area contributed by atoms with E-state index in [9.17, 15) is 0 Å². The highest BCUT2D eigenvalue weighted by Crippen LogP contribution is 2.55. The van der Waals surface area contributed by atoms with Gasteiger partial charge < -0.3 is 10.1 Å². The molecule has 0 aromatic carbocycles. The Kier molecular flexibility index (Phi) is 4.25. The topological polar surface area (TPSA) is 34.1 Å². The second-order valence-corrected chi connectivity index (χ2v) is 7.03. The number of rotatable bonds is 4. The van der Waals surface area contributed by atoms with E-state index >= 15 is 0 Å². The van der Waals surface area contributed by atoms with Gasteiger partial charge in [0, 0.05) is 18.1 Å². The van der Waals surface area contributed by atoms with Crippen LogP contribution in [0.5, 0.6) is 0 Å². The average Bonchev–Trinajstić information content (AvgIpc) is 2.94. The van der Waals surface area contributed by atoms with E-state index in [1.807, 2.05) is 12.3 Å². The van der Waals surface area contributed by atoms with Crippen LogP contribution in [-0.4, -0.2) is 23.7 Å². The third-order valence-electron chi connectivity index (χ3n) is 4.82. The molecule has 2 atom stereocenters. The van der Waals surface area contributed by atoms with Gasteiger partial charge in [0.15, 0.2) is 0 Å². The number of nitrogens with one attached hydrogen (secondary N) is 1. The fourth-order valence-electron chi connectivity index (χ4n) is 3.79. The van der Waals surface area contributed by atoms with Crippen LogP contribution < -0.4 is 5.32 Å². The summed E-state index contributed by atoms with van der Waals surface area (Å²) in [5.41, 5.74) is 1.37. The summed E-state index contributed by atoms with van der Waals surface area (Å²) in [7, 11) is 0. The van der Waals surface area contributed by atoms with E-state index in [2.05, 4.69) is 33.2 Å². The van der Waals surface area contributed by atoms with Crippen LogP contribution >= 0.6 is 27.5 Å². The summed E-state index contributed by atoms with van der Waals surface area (Å²) in [6, 6.07) is 2.50. The lowest BCUT2D eigenvalue weighted by molar-refractivity contribution is -0.114. The molecule has 1 spiro atoms. The van der Waals surface area contributed by atoms with Crippen LogP contribution in [0, 0.1) is 5.41 Å². The molecule has 1 aromatic rings. The van der Waals surface area contributed by atoms with Crippen LogP contribution in [0.15, 0.2) is 16.7 Å². The summed E-state index contributed by atoms with van der Waals surface area (Å²) < 4.78 is 6.78. The van der Waals surface area contributed by atoms with Crippen molar-refractivity contribution >= 4 is 33.2 Å². The highest BCUT2D eigenvalue weighted by atomic mass is 79.9. The Balaban J connectivity index is 1.72. The molecule has 2 aliphatic rings. The van der Waals surface area contributed by atoms with Gasteiger partial charge in [0.25, 0.3) is 0 Å². The number of hydrogen-bond donors (Lipinski definition) is 1. The van der Waals surface area contributed by atoms with Gasteiger partial charge in [-0.05, 0) is 48.2 Å². The molecule has 0 aliphatic heterocycles. The number of halogens is 2. The van der Waals surface area contributed by atoms with Crippen LogP contribution in [0.3, 0.4) is 0 Å². The quantitative estimate of drug-likeness (QED) is 0.795. The van der Waals surface area contributed by atoms with E-state index in [-0.39, 0.29) is 0 Å². The second kappa shape index (κ2) is 5.82. The van der Waals surface area contributed by atoms with Crippen molar-refractivity contribution in [2.24, 2.45) is 5.41 Å². The van der Waals surface area contributed by atoms with Gasteiger partial charge in [-0.2, -0.15) is 0 Å². The maximum atomic E-state index is 5.94. The molecular weight excluding hydrogens is 340 g/mol. The third-order valence-corrected chi connectivity index (χ3v) is 5.96. The number of ether oxygens (including phenoxy) is 1. The molecule has 1 N–H and O–H groups in total. The molecule has 110 valence electrons. The number of aromatic nitrogens is 1. The fraction of sp³-hybridized carbons (Fsp3) is 0.667. The van der Waals surface area contributed by atoms with Crippen LogP contribution in [0.2, 0.25) is 5.15 Å². The van der Waals surface area contributed by atoms with Gasteiger partial charge in [0.2, 0.25) is 0 Å². The van der Waals surface area contributed by atoms with Gasteiger partial charge >= 0.3 is 0 Å². The first-order chi connectivity index (χ1) is 9.65. The summed E-state index contributed by atoms with van der Waals surface area (Å²) in [5.74, 6) is 0. The van der Waals surface area contributed by atoms with E-state index in [0.717, 1.165) is 23.2 Å². The monoisotopic (exact) mass is 358 g/mol. The zero-order valence-corrected chi connectivity index (χ0v) is 14.0. The van der Waals surface area contributed by atoms with E-state index in [1.54, 1.807) is 0 Å². The third kappa shape index (κ3) is 2.46. The molecular formula is C15H20BrClN2O. The standard InChI is InChI=1S/C15H20BrClN2O/c1-2-20-13-8-12(15(13)5-3-4-6-15)19-10-7-11(16)14(17)18-9-10/h7,9,12-13,19H,2-6,8H2,1H3. The molecule has 2 unspecified atom stereocenters. The van der Waals surface area contributed by atoms with E-state index in [1.165, 1.54) is 25.7 Å². The Bertz CT molecular complexity index is 491. The van der Waals surface area contributed by atoms with Crippen LogP contribution in [0.25, 0.3) is 0 Å². The number of hydrogen-bond acceptors (Lipinski definition) is 3. The van der Waals surface area contributed by atoms with Gasteiger partial charge in [0.1, 0.15) is 5.15 Å². The molecule has 2 fully saturated rings. The molecule has 0 radical (unpaired) electrons. The van der Waals surface area contributed by atoms with E-state index in [4.69, 9.17) is 16.3 Å². The number of nitrogens with zero attached hydrogens (tertiary/aromatic N) is 1. The lowest BCUT2D eigenvalue weighted by Gasteiger charge is -2.54. The summed E-state index contributed by atoms with van der Waals surface area (Å²) in [6.45, 7) is 2.90. The lowest BCUT2D eigenvalue weighted by Crippen LogP contribution is -2.60.